The summed E-state index contributed by atoms with van der Waals surface area (Å²) in [6, 6.07) is 0. The van der Waals surface area contributed by atoms with Crippen molar-refractivity contribution in [2.75, 3.05) is 0 Å². The van der Waals surface area contributed by atoms with Crippen LogP contribution in [-0.4, -0.2) is 15.4 Å². The largest absolute Gasteiger partial charge is 0.266 e. The van der Waals surface area contributed by atoms with Gasteiger partial charge in [-0.2, -0.15) is 0 Å². The Morgan fingerprint density at radius 2 is 2.33 bits per heavy atom. The Balaban J connectivity index is 0.000000250. The van der Waals surface area contributed by atoms with Crippen LogP contribution in [0.2, 0.25) is 0 Å². The standard InChI is InChI=1S/C2H3N3.Ru/c1-2-4-5-3-1;/h1-2H,(H,3,4,5);. The van der Waals surface area contributed by atoms with Crippen molar-refractivity contribution >= 4 is 0 Å². The fourth-order valence-corrected chi connectivity index (χ4v) is 0.167. The van der Waals surface area contributed by atoms with Crippen LogP contribution < -0.4 is 0 Å². The van der Waals surface area contributed by atoms with Crippen molar-refractivity contribution in [3.63, 3.8) is 0 Å². The zero-order valence-electron chi connectivity index (χ0n) is 2.90. The second-order valence-corrected chi connectivity index (χ2v) is 0.660. The van der Waals surface area contributed by atoms with Crippen LogP contribution in [0.1, 0.15) is 0 Å². The van der Waals surface area contributed by atoms with E-state index in [4.69, 9.17) is 0 Å². The van der Waals surface area contributed by atoms with E-state index in [1.165, 1.54) is 0 Å². The molecule has 6 heavy (non-hydrogen) atoms. The Bertz CT molecular complexity index is 65.3. The molecule has 1 aromatic rings. The first kappa shape index (κ1) is 5.76. The van der Waals surface area contributed by atoms with Crippen molar-refractivity contribution in [3.05, 3.63) is 12.4 Å². The minimum absolute atomic E-state index is 0. The summed E-state index contributed by atoms with van der Waals surface area (Å²) in [5.41, 5.74) is 0. The van der Waals surface area contributed by atoms with Gasteiger partial charge in [0.05, 0.1) is 6.20 Å². The Kier molecular flexibility index (Phi) is 2.86. The number of H-pyrrole nitrogens is 1. The monoisotopic (exact) mass is 171 g/mol. The summed E-state index contributed by atoms with van der Waals surface area (Å²) >= 11 is 0. The summed E-state index contributed by atoms with van der Waals surface area (Å²) in [6.07, 6.45) is 3.24. The molecule has 0 fully saturated rings. The van der Waals surface area contributed by atoms with E-state index in [1.54, 1.807) is 12.4 Å². The molecule has 0 unspecified atom stereocenters. The van der Waals surface area contributed by atoms with Gasteiger partial charge in [0.2, 0.25) is 0 Å². The van der Waals surface area contributed by atoms with E-state index in [0.29, 0.717) is 0 Å². The van der Waals surface area contributed by atoms with Gasteiger partial charge in [0.1, 0.15) is 0 Å². The van der Waals surface area contributed by atoms with Gasteiger partial charge in [0, 0.05) is 25.7 Å². The third-order valence-corrected chi connectivity index (χ3v) is 0.331. The Morgan fingerprint density at radius 3 is 2.50 bits per heavy atom. The molecule has 0 radical (unpaired) electrons. The molecule has 0 aliphatic carbocycles. The molecule has 0 amide bonds. The average Bonchev–Trinajstić information content (AvgIpc) is 1.76. The minimum atomic E-state index is 0. The molecule has 0 aromatic carbocycles. The van der Waals surface area contributed by atoms with E-state index in [9.17, 15) is 0 Å². The summed E-state index contributed by atoms with van der Waals surface area (Å²) < 4.78 is 0. The maximum atomic E-state index is 3.42. The molecule has 0 atom stereocenters. The molecular weight excluding hydrogens is 167 g/mol. The van der Waals surface area contributed by atoms with Crippen molar-refractivity contribution in [1.82, 2.24) is 15.4 Å². The molecule has 1 heterocycles. The Labute approximate surface area is 47.9 Å². The van der Waals surface area contributed by atoms with Crippen LogP contribution in [0.25, 0.3) is 0 Å². The van der Waals surface area contributed by atoms with Gasteiger partial charge in [-0.3, -0.25) is 5.10 Å². The topological polar surface area (TPSA) is 41.6 Å². The molecule has 0 spiro atoms. The fourth-order valence-electron chi connectivity index (χ4n) is 0.167. The SMILES string of the molecule is [Ru].c1c[nH]nn1. The molecule has 0 saturated heterocycles. The second-order valence-electron chi connectivity index (χ2n) is 0.660. The van der Waals surface area contributed by atoms with Gasteiger partial charge in [-0.05, 0) is 0 Å². The van der Waals surface area contributed by atoms with Crippen molar-refractivity contribution in [2.24, 2.45) is 0 Å². The van der Waals surface area contributed by atoms with Crippen LogP contribution in [-0.2, 0) is 19.5 Å². The van der Waals surface area contributed by atoms with E-state index < -0.39 is 0 Å². The molecule has 3 nitrogen and oxygen atoms in total. The van der Waals surface area contributed by atoms with E-state index in [-0.39, 0.29) is 19.5 Å². The van der Waals surface area contributed by atoms with Crippen molar-refractivity contribution in [1.29, 1.82) is 0 Å². The third-order valence-electron chi connectivity index (χ3n) is 0.331. The number of rotatable bonds is 0. The quantitative estimate of drug-likeness (QED) is 0.548. The summed E-state index contributed by atoms with van der Waals surface area (Å²) in [7, 11) is 0. The number of aromatic nitrogens is 3. The molecule has 0 aliphatic heterocycles. The van der Waals surface area contributed by atoms with Crippen LogP contribution in [0.15, 0.2) is 12.4 Å². The molecule has 1 N–H and O–H groups in total. The molecule has 1 aromatic heterocycles. The van der Waals surface area contributed by atoms with Crippen LogP contribution in [0, 0.1) is 0 Å². The first-order chi connectivity index (χ1) is 2.50. The van der Waals surface area contributed by atoms with E-state index >= 15 is 0 Å². The van der Waals surface area contributed by atoms with Gasteiger partial charge in [-0.1, -0.05) is 5.21 Å². The van der Waals surface area contributed by atoms with Crippen molar-refractivity contribution in [3.8, 4) is 0 Å². The van der Waals surface area contributed by atoms with E-state index in [2.05, 4.69) is 15.4 Å². The predicted octanol–water partition coefficient (Wildman–Crippen LogP) is -0.198. The summed E-state index contributed by atoms with van der Waals surface area (Å²) in [6.45, 7) is 0. The average molecular weight is 170 g/mol. The number of nitrogens with zero attached hydrogens (tertiary/aromatic N) is 2. The summed E-state index contributed by atoms with van der Waals surface area (Å²) in [4.78, 5) is 0. The maximum Gasteiger partial charge on any atom is 0.0690 e. The Morgan fingerprint density at radius 1 is 1.50 bits per heavy atom. The first-order valence-corrected chi connectivity index (χ1v) is 1.30. The van der Waals surface area contributed by atoms with Crippen LogP contribution in [0.4, 0.5) is 0 Å². The molecule has 34 valence electrons. The number of aromatic amines is 1. The molecular formula is C2H3N3Ru. The zero-order valence-corrected chi connectivity index (χ0v) is 4.64. The smallest absolute Gasteiger partial charge is 0.0690 e. The van der Waals surface area contributed by atoms with Crippen molar-refractivity contribution < 1.29 is 19.5 Å². The van der Waals surface area contributed by atoms with Gasteiger partial charge >= 0.3 is 0 Å². The van der Waals surface area contributed by atoms with Gasteiger partial charge in [0.25, 0.3) is 0 Å². The Hall–Kier alpha value is -0.237. The first-order valence-electron chi connectivity index (χ1n) is 1.30. The third kappa shape index (κ3) is 1.27. The van der Waals surface area contributed by atoms with Gasteiger partial charge < -0.3 is 0 Å². The molecule has 0 saturated carbocycles. The van der Waals surface area contributed by atoms with Gasteiger partial charge in [-0.15, -0.1) is 5.10 Å². The van der Waals surface area contributed by atoms with E-state index in [0.717, 1.165) is 0 Å². The maximum absolute atomic E-state index is 3.42. The molecule has 0 aliphatic rings. The molecule has 1 rings (SSSR count). The van der Waals surface area contributed by atoms with Gasteiger partial charge in [-0.25, -0.2) is 0 Å². The van der Waals surface area contributed by atoms with Crippen LogP contribution >= 0.6 is 0 Å². The second kappa shape index (κ2) is 2.97. The summed E-state index contributed by atoms with van der Waals surface area (Å²) in [5.74, 6) is 0. The molecule has 4 heteroatoms. The summed E-state index contributed by atoms with van der Waals surface area (Å²) in [5, 5.41) is 9.26. The normalized spacial score (nSPS) is 6.67. The zero-order chi connectivity index (χ0) is 3.54. The molecule has 0 bridgehead atoms. The number of hydrogen-bond donors (Lipinski definition) is 1. The predicted molar refractivity (Wildman–Crippen MR) is 16.4 cm³/mol. The van der Waals surface area contributed by atoms with Crippen molar-refractivity contribution in [2.45, 2.75) is 0 Å². The van der Waals surface area contributed by atoms with E-state index in [1.807, 2.05) is 0 Å². The van der Waals surface area contributed by atoms with Gasteiger partial charge in [0.15, 0.2) is 0 Å². The minimum Gasteiger partial charge on any atom is -0.266 e. The number of nitrogens with one attached hydrogen (secondary N) is 1. The van der Waals surface area contributed by atoms with Crippen LogP contribution in [0.3, 0.4) is 0 Å². The fraction of sp³-hybridized carbons (Fsp3) is 0. The number of hydrogen-bond acceptors (Lipinski definition) is 2. The van der Waals surface area contributed by atoms with Crippen LogP contribution in [0.5, 0.6) is 0 Å².